The van der Waals surface area contributed by atoms with Crippen LogP contribution in [0.5, 0.6) is 0 Å². The maximum absolute atomic E-state index is 13.1. The number of carbonyl (C=O) groups excluding carboxylic acids is 1. The second-order valence-electron chi connectivity index (χ2n) is 8.32. The van der Waals surface area contributed by atoms with Crippen LogP contribution < -0.4 is 10.9 Å². The number of carbonyl (C=O) groups is 1. The number of fused-ring (bicyclic) bond motifs is 1. The molecule has 0 radical (unpaired) electrons. The molecule has 34 heavy (non-hydrogen) atoms. The van der Waals surface area contributed by atoms with Crippen LogP contribution in [0.3, 0.4) is 0 Å². The zero-order valence-electron chi connectivity index (χ0n) is 18.7. The van der Waals surface area contributed by atoms with Crippen molar-refractivity contribution >= 4 is 27.5 Å². The molecule has 4 aromatic rings. The van der Waals surface area contributed by atoms with Gasteiger partial charge in [-0.15, -0.1) is 11.3 Å². The molecule has 1 atom stereocenters. The third-order valence-electron chi connectivity index (χ3n) is 5.97. The fourth-order valence-corrected chi connectivity index (χ4v) is 5.17. The highest BCUT2D eigenvalue weighted by Crippen LogP contribution is 2.30. The Hall–Kier alpha value is -3.33. The van der Waals surface area contributed by atoms with Gasteiger partial charge in [0, 0.05) is 24.5 Å². The first-order valence-electron chi connectivity index (χ1n) is 11.4. The largest absolute Gasteiger partial charge is 0.379 e. The molecule has 1 aliphatic rings. The van der Waals surface area contributed by atoms with E-state index < -0.39 is 0 Å². The Morgan fingerprint density at radius 2 is 1.76 bits per heavy atom. The molecule has 2 aromatic heterocycles. The molecule has 1 amide bonds. The van der Waals surface area contributed by atoms with E-state index in [0.29, 0.717) is 30.0 Å². The second-order valence-corrected chi connectivity index (χ2v) is 9.35. The van der Waals surface area contributed by atoms with Crippen LogP contribution >= 0.6 is 11.3 Å². The average Bonchev–Trinajstić information content (AvgIpc) is 3.32. The topological polar surface area (TPSA) is 76.5 Å². The van der Waals surface area contributed by atoms with Crippen molar-refractivity contribution in [3.8, 4) is 10.4 Å². The number of morpholine rings is 1. The summed E-state index contributed by atoms with van der Waals surface area (Å²) >= 11 is 1.48. The van der Waals surface area contributed by atoms with Crippen LogP contribution in [0, 0.1) is 0 Å². The minimum absolute atomic E-state index is 0.0786. The van der Waals surface area contributed by atoms with Gasteiger partial charge in [-0.1, -0.05) is 60.7 Å². The molecule has 174 valence electrons. The fourth-order valence-electron chi connectivity index (χ4n) is 4.17. The number of hydrogen-bond donors (Lipinski definition) is 1. The van der Waals surface area contributed by atoms with E-state index in [1.165, 1.54) is 22.2 Å². The number of amides is 1. The van der Waals surface area contributed by atoms with Gasteiger partial charge in [-0.3, -0.25) is 19.1 Å². The van der Waals surface area contributed by atoms with Crippen LogP contribution in [0.1, 0.15) is 11.6 Å². The lowest BCUT2D eigenvalue weighted by Gasteiger charge is -2.31. The maximum atomic E-state index is 13.1. The Kier molecular flexibility index (Phi) is 6.80. The Bertz CT molecular complexity index is 1310. The number of nitrogens with zero attached hydrogens (tertiary/aromatic N) is 3. The summed E-state index contributed by atoms with van der Waals surface area (Å²) in [4.78, 5) is 34.5. The van der Waals surface area contributed by atoms with E-state index >= 15 is 0 Å². The first-order valence-corrected chi connectivity index (χ1v) is 12.2. The first-order chi connectivity index (χ1) is 16.7. The van der Waals surface area contributed by atoms with Crippen LogP contribution in [-0.4, -0.2) is 53.2 Å². The number of rotatable bonds is 7. The van der Waals surface area contributed by atoms with Gasteiger partial charge in [0.15, 0.2) is 0 Å². The van der Waals surface area contributed by atoms with Crippen LogP contribution in [0.2, 0.25) is 0 Å². The SMILES string of the molecule is O=C(Cn1cnc2sc(-c3ccccc3)cc2c1=O)N[C@H](CN1CCOCC1)c1ccccc1. The van der Waals surface area contributed by atoms with Crippen LogP contribution in [0.25, 0.3) is 20.7 Å². The summed E-state index contributed by atoms with van der Waals surface area (Å²) in [6.07, 6.45) is 1.47. The van der Waals surface area contributed by atoms with Crippen molar-refractivity contribution in [3.05, 3.63) is 89.0 Å². The number of hydrogen-bond acceptors (Lipinski definition) is 6. The van der Waals surface area contributed by atoms with Crippen LogP contribution in [0.15, 0.2) is 77.9 Å². The smallest absolute Gasteiger partial charge is 0.262 e. The number of thiophene rings is 1. The summed E-state index contributed by atoms with van der Waals surface area (Å²) in [6, 6.07) is 21.5. The van der Waals surface area contributed by atoms with Crippen molar-refractivity contribution in [2.24, 2.45) is 0 Å². The van der Waals surface area contributed by atoms with Crippen molar-refractivity contribution in [1.29, 1.82) is 0 Å². The molecule has 5 rings (SSSR count). The Labute approximate surface area is 201 Å². The molecular formula is C26H26N4O3S. The molecule has 8 heteroatoms. The van der Waals surface area contributed by atoms with Crippen molar-refractivity contribution < 1.29 is 9.53 Å². The van der Waals surface area contributed by atoms with Gasteiger partial charge < -0.3 is 10.1 Å². The van der Waals surface area contributed by atoms with Gasteiger partial charge in [0.1, 0.15) is 11.4 Å². The molecule has 0 spiro atoms. The predicted octanol–water partition coefficient (Wildman–Crippen LogP) is 3.31. The number of aromatic nitrogens is 2. The lowest BCUT2D eigenvalue weighted by atomic mass is 10.1. The monoisotopic (exact) mass is 474 g/mol. The molecule has 0 saturated carbocycles. The Morgan fingerprint density at radius 1 is 1.06 bits per heavy atom. The quantitative estimate of drug-likeness (QED) is 0.445. The normalized spacial score (nSPS) is 15.3. The van der Waals surface area contributed by atoms with Crippen molar-refractivity contribution in [3.63, 3.8) is 0 Å². The summed E-state index contributed by atoms with van der Waals surface area (Å²) < 4.78 is 6.84. The second kappa shape index (κ2) is 10.3. The molecule has 1 saturated heterocycles. The molecule has 3 heterocycles. The van der Waals surface area contributed by atoms with Gasteiger partial charge in [-0.2, -0.15) is 0 Å². The molecular weight excluding hydrogens is 448 g/mol. The highest BCUT2D eigenvalue weighted by atomic mass is 32.1. The molecule has 2 aromatic carbocycles. The first kappa shape index (κ1) is 22.5. The van der Waals surface area contributed by atoms with Gasteiger partial charge in [0.05, 0.1) is 31.0 Å². The highest BCUT2D eigenvalue weighted by Gasteiger charge is 2.21. The van der Waals surface area contributed by atoms with E-state index in [-0.39, 0.29) is 24.1 Å². The van der Waals surface area contributed by atoms with Gasteiger partial charge in [-0.05, 0) is 17.2 Å². The number of ether oxygens (including phenoxy) is 1. The molecule has 0 unspecified atom stereocenters. The Balaban J connectivity index is 1.34. The summed E-state index contributed by atoms with van der Waals surface area (Å²) in [5, 5.41) is 3.66. The molecule has 7 nitrogen and oxygen atoms in total. The zero-order chi connectivity index (χ0) is 23.3. The van der Waals surface area contributed by atoms with E-state index in [4.69, 9.17) is 4.74 Å². The molecule has 1 fully saturated rings. The average molecular weight is 475 g/mol. The predicted molar refractivity (Wildman–Crippen MR) is 134 cm³/mol. The fraction of sp³-hybridized carbons (Fsp3) is 0.269. The summed E-state index contributed by atoms with van der Waals surface area (Å²) in [7, 11) is 0. The van der Waals surface area contributed by atoms with Crippen LogP contribution in [0.4, 0.5) is 0 Å². The minimum atomic E-state index is -0.219. The van der Waals surface area contributed by atoms with E-state index in [2.05, 4.69) is 15.2 Å². The standard InChI is InChI=1S/C26H26N4O3S/c31-24(28-22(19-7-3-1-4-8-19)16-29-11-13-33-14-12-29)17-30-18-27-25-21(26(30)32)15-23(34-25)20-9-5-2-6-10-20/h1-10,15,18,22H,11-14,16-17H2,(H,28,31)/t22-/m1/s1. The van der Waals surface area contributed by atoms with E-state index in [1.54, 1.807) is 0 Å². The molecule has 1 aliphatic heterocycles. The van der Waals surface area contributed by atoms with E-state index in [1.807, 2.05) is 66.7 Å². The van der Waals surface area contributed by atoms with Gasteiger partial charge in [0.2, 0.25) is 5.91 Å². The third kappa shape index (κ3) is 5.09. The van der Waals surface area contributed by atoms with Gasteiger partial charge in [0.25, 0.3) is 5.56 Å². The van der Waals surface area contributed by atoms with Crippen molar-refractivity contribution in [1.82, 2.24) is 19.8 Å². The summed E-state index contributed by atoms with van der Waals surface area (Å²) in [5.41, 5.74) is 1.87. The molecule has 1 N–H and O–H groups in total. The Morgan fingerprint density at radius 3 is 2.50 bits per heavy atom. The van der Waals surface area contributed by atoms with Gasteiger partial charge in [-0.25, -0.2) is 4.98 Å². The lowest BCUT2D eigenvalue weighted by Crippen LogP contribution is -2.44. The molecule has 0 aliphatic carbocycles. The van der Waals surface area contributed by atoms with E-state index in [9.17, 15) is 9.59 Å². The minimum Gasteiger partial charge on any atom is -0.379 e. The number of benzene rings is 2. The summed E-state index contributed by atoms with van der Waals surface area (Å²) in [5.74, 6) is -0.219. The lowest BCUT2D eigenvalue weighted by molar-refractivity contribution is -0.122. The van der Waals surface area contributed by atoms with Gasteiger partial charge >= 0.3 is 0 Å². The van der Waals surface area contributed by atoms with Crippen molar-refractivity contribution in [2.75, 3.05) is 32.8 Å². The number of nitrogens with one attached hydrogen (secondary N) is 1. The van der Waals surface area contributed by atoms with Crippen molar-refractivity contribution in [2.45, 2.75) is 12.6 Å². The maximum Gasteiger partial charge on any atom is 0.262 e. The van der Waals surface area contributed by atoms with Crippen LogP contribution in [-0.2, 0) is 16.1 Å². The highest BCUT2D eigenvalue weighted by molar-refractivity contribution is 7.21. The van der Waals surface area contributed by atoms with E-state index in [0.717, 1.165) is 29.1 Å². The summed E-state index contributed by atoms with van der Waals surface area (Å²) in [6.45, 7) is 3.67. The zero-order valence-corrected chi connectivity index (χ0v) is 19.5. The molecule has 0 bridgehead atoms. The third-order valence-corrected chi connectivity index (χ3v) is 7.06.